The summed E-state index contributed by atoms with van der Waals surface area (Å²) in [6.45, 7) is 0.470. The molecule has 0 spiro atoms. The van der Waals surface area contributed by atoms with Crippen LogP contribution in [0.25, 0.3) is 0 Å². The second-order valence-corrected chi connectivity index (χ2v) is 4.57. The van der Waals surface area contributed by atoms with Crippen molar-refractivity contribution in [3.63, 3.8) is 0 Å². The zero-order valence-corrected chi connectivity index (χ0v) is 9.23. The van der Waals surface area contributed by atoms with Crippen LogP contribution in [0.1, 0.15) is 10.4 Å². The summed E-state index contributed by atoms with van der Waals surface area (Å²) in [5.74, 6) is -0.479. The quantitative estimate of drug-likeness (QED) is 0.747. The molecule has 1 unspecified atom stereocenters. The van der Waals surface area contributed by atoms with Crippen molar-refractivity contribution < 1.29 is 18.3 Å². The van der Waals surface area contributed by atoms with Crippen molar-refractivity contribution in [1.29, 1.82) is 0 Å². The highest BCUT2D eigenvalue weighted by molar-refractivity contribution is 7.99. The van der Waals surface area contributed by atoms with Gasteiger partial charge in [-0.3, -0.25) is 4.79 Å². The van der Waals surface area contributed by atoms with Crippen LogP contribution in [0.4, 0.5) is 8.78 Å². The summed E-state index contributed by atoms with van der Waals surface area (Å²) < 4.78 is 31.5. The number of hydrogen-bond donors (Lipinski definition) is 0. The lowest BCUT2D eigenvalue weighted by Crippen LogP contribution is -2.32. The Morgan fingerprint density at radius 1 is 1.44 bits per heavy atom. The average molecular weight is 244 g/mol. The van der Waals surface area contributed by atoms with Gasteiger partial charge in [-0.1, -0.05) is 0 Å². The maximum atomic E-state index is 13.3. The van der Waals surface area contributed by atoms with E-state index in [2.05, 4.69) is 0 Å². The summed E-state index contributed by atoms with van der Waals surface area (Å²) in [5, 5.41) is 0. The van der Waals surface area contributed by atoms with E-state index in [4.69, 9.17) is 4.74 Å². The van der Waals surface area contributed by atoms with Crippen LogP contribution in [0.15, 0.2) is 18.2 Å². The van der Waals surface area contributed by atoms with Gasteiger partial charge in [0.15, 0.2) is 5.78 Å². The van der Waals surface area contributed by atoms with Crippen molar-refractivity contribution in [2.45, 2.75) is 6.10 Å². The Morgan fingerprint density at radius 2 is 2.25 bits per heavy atom. The Hall–Kier alpha value is -0.940. The minimum absolute atomic E-state index is 0.229. The fraction of sp³-hybridized carbons (Fsp3) is 0.364. The number of rotatable bonds is 2. The molecule has 1 saturated heterocycles. The number of benzene rings is 1. The van der Waals surface area contributed by atoms with E-state index in [1.165, 1.54) is 0 Å². The van der Waals surface area contributed by atoms with Crippen molar-refractivity contribution in [3.05, 3.63) is 35.4 Å². The molecule has 1 fully saturated rings. The van der Waals surface area contributed by atoms with E-state index in [1.807, 2.05) is 0 Å². The zero-order chi connectivity index (χ0) is 11.5. The number of carbonyl (C=O) groups is 1. The van der Waals surface area contributed by atoms with Crippen molar-refractivity contribution in [1.82, 2.24) is 0 Å². The van der Waals surface area contributed by atoms with E-state index in [-0.39, 0.29) is 5.56 Å². The van der Waals surface area contributed by atoms with Crippen LogP contribution >= 0.6 is 11.8 Å². The van der Waals surface area contributed by atoms with Gasteiger partial charge in [0, 0.05) is 11.5 Å². The number of halogens is 2. The lowest BCUT2D eigenvalue weighted by atomic mass is 10.1. The molecule has 1 heterocycles. The Morgan fingerprint density at radius 3 is 2.94 bits per heavy atom. The number of ether oxygens (including phenoxy) is 1. The first-order chi connectivity index (χ1) is 7.68. The molecule has 5 heteroatoms. The highest BCUT2D eigenvalue weighted by atomic mass is 32.2. The molecule has 1 atom stereocenters. The molecule has 1 aromatic carbocycles. The summed E-state index contributed by atoms with van der Waals surface area (Å²) in [5.41, 5.74) is -0.229. The number of hydrogen-bond acceptors (Lipinski definition) is 3. The van der Waals surface area contributed by atoms with Gasteiger partial charge in [-0.05, 0) is 18.2 Å². The van der Waals surface area contributed by atoms with E-state index in [0.717, 1.165) is 24.0 Å². The second-order valence-electron chi connectivity index (χ2n) is 3.42. The highest BCUT2D eigenvalue weighted by Crippen LogP contribution is 2.19. The van der Waals surface area contributed by atoms with Crippen LogP contribution in [0.2, 0.25) is 0 Å². The van der Waals surface area contributed by atoms with Crippen molar-refractivity contribution in [3.8, 4) is 0 Å². The van der Waals surface area contributed by atoms with Crippen LogP contribution in [-0.4, -0.2) is 30.0 Å². The maximum Gasteiger partial charge on any atom is 0.195 e. The average Bonchev–Trinajstić information content (AvgIpc) is 2.32. The summed E-state index contributed by atoms with van der Waals surface area (Å²) in [6.07, 6.45) is -0.657. The Balaban J connectivity index is 2.22. The third-order valence-corrected chi connectivity index (χ3v) is 3.30. The standard InChI is InChI=1S/C11H10F2O2S/c12-7-1-2-9(13)8(5-7)11(14)10-6-16-4-3-15-10/h1-2,5,10H,3-4,6H2. The van der Waals surface area contributed by atoms with Crippen LogP contribution in [0, 0.1) is 11.6 Å². The van der Waals surface area contributed by atoms with E-state index in [0.29, 0.717) is 12.4 Å². The van der Waals surface area contributed by atoms with Gasteiger partial charge in [0.2, 0.25) is 0 Å². The summed E-state index contributed by atoms with van der Waals surface area (Å²) >= 11 is 1.57. The third-order valence-electron chi connectivity index (χ3n) is 2.30. The van der Waals surface area contributed by atoms with Crippen molar-refractivity contribution in [2.24, 2.45) is 0 Å². The molecule has 16 heavy (non-hydrogen) atoms. The van der Waals surface area contributed by atoms with Gasteiger partial charge >= 0.3 is 0 Å². The monoisotopic (exact) mass is 244 g/mol. The molecular formula is C11H10F2O2S. The number of carbonyl (C=O) groups excluding carboxylic acids is 1. The predicted octanol–water partition coefficient (Wildman–Crippen LogP) is 2.28. The molecule has 0 amide bonds. The van der Waals surface area contributed by atoms with Crippen LogP contribution in [0.5, 0.6) is 0 Å². The van der Waals surface area contributed by atoms with Crippen LogP contribution in [0.3, 0.4) is 0 Å². The van der Waals surface area contributed by atoms with Gasteiger partial charge < -0.3 is 4.74 Å². The Labute approximate surface area is 96.0 Å². The molecular weight excluding hydrogens is 234 g/mol. The largest absolute Gasteiger partial charge is 0.368 e. The summed E-state index contributed by atoms with van der Waals surface area (Å²) in [4.78, 5) is 11.8. The highest BCUT2D eigenvalue weighted by Gasteiger charge is 2.26. The molecule has 86 valence electrons. The van der Waals surface area contributed by atoms with Gasteiger partial charge in [0.1, 0.15) is 17.7 Å². The molecule has 0 saturated carbocycles. The zero-order valence-electron chi connectivity index (χ0n) is 8.41. The van der Waals surface area contributed by atoms with Gasteiger partial charge in [0.05, 0.1) is 12.2 Å². The molecule has 0 aromatic heterocycles. The minimum atomic E-state index is -0.703. The molecule has 2 nitrogen and oxygen atoms in total. The number of ketones is 1. The minimum Gasteiger partial charge on any atom is -0.368 e. The van der Waals surface area contributed by atoms with Gasteiger partial charge in [0.25, 0.3) is 0 Å². The van der Waals surface area contributed by atoms with E-state index in [9.17, 15) is 13.6 Å². The number of Topliss-reactive ketones (excluding diaryl/α,β-unsaturated/α-hetero) is 1. The third kappa shape index (κ3) is 2.41. The lowest BCUT2D eigenvalue weighted by molar-refractivity contribution is 0.0514. The first-order valence-corrected chi connectivity index (χ1v) is 6.02. The predicted molar refractivity (Wildman–Crippen MR) is 57.8 cm³/mol. The van der Waals surface area contributed by atoms with Gasteiger partial charge in [-0.15, -0.1) is 0 Å². The lowest BCUT2D eigenvalue weighted by Gasteiger charge is -2.21. The van der Waals surface area contributed by atoms with Crippen molar-refractivity contribution in [2.75, 3.05) is 18.1 Å². The van der Waals surface area contributed by atoms with Gasteiger partial charge in [-0.25, -0.2) is 8.78 Å². The topological polar surface area (TPSA) is 26.3 Å². The molecule has 1 aliphatic heterocycles. The molecule has 1 aromatic rings. The first-order valence-electron chi connectivity index (χ1n) is 4.87. The molecule has 1 aliphatic rings. The maximum absolute atomic E-state index is 13.3. The van der Waals surface area contributed by atoms with Crippen LogP contribution in [-0.2, 0) is 4.74 Å². The Kier molecular flexibility index (Phi) is 3.56. The van der Waals surface area contributed by atoms with E-state index in [1.54, 1.807) is 11.8 Å². The second kappa shape index (κ2) is 4.93. The smallest absolute Gasteiger partial charge is 0.195 e. The van der Waals surface area contributed by atoms with E-state index < -0.39 is 23.5 Å². The Bertz CT molecular complexity index is 403. The van der Waals surface area contributed by atoms with E-state index >= 15 is 0 Å². The molecule has 0 aliphatic carbocycles. The fourth-order valence-corrected chi connectivity index (χ4v) is 2.34. The fourth-order valence-electron chi connectivity index (χ4n) is 1.50. The summed E-state index contributed by atoms with van der Waals surface area (Å²) in [7, 11) is 0. The normalized spacial score (nSPS) is 20.8. The van der Waals surface area contributed by atoms with Gasteiger partial charge in [-0.2, -0.15) is 11.8 Å². The SMILES string of the molecule is O=C(c1cc(F)ccc1F)C1CSCCO1. The van der Waals surface area contributed by atoms with Crippen LogP contribution < -0.4 is 0 Å². The molecule has 0 N–H and O–H groups in total. The number of thioether (sulfide) groups is 1. The molecule has 0 radical (unpaired) electrons. The molecule has 0 bridgehead atoms. The molecule has 2 rings (SSSR count). The summed E-state index contributed by atoms with van der Waals surface area (Å²) in [6, 6.07) is 2.86. The van der Waals surface area contributed by atoms with Crippen molar-refractivity contribution >= 4 is 17.5 Å². The first kappa shape index (κ1) is 11.5.